The smallest absolute Gasteiger partial charge is 0.252 e. The van der Waals surface area contributed by atoms with Gasteiger partial charge in [-0.2, -0.15) is 0 Å². The highest BCUT2D eigenvalue weighted by Crippen LogP contribution is 2.54. The molecule has 13 aromatic rings. The highest BCUT2D eigenvalue weighted by atomic mass is 16.3. The quantitative estimate of drug-likeness (QED) is 0.155. The van der Waals surface area contributed by atoms with Crippen LogP contribution in [0.4, 0.5) is 34.1 Å². The Morgan fingerprint density at radius 2 is 0.616 bits per heavy atom. The number of hydrogen-bond acceptors (Lipinski definition) is 6. The maximum absolute atomic E-state index is 6.82. The van der Waals surface area contributed by atoms with Gasteiger partial charge in [0.05, 0.1) is 0 Å². The summed E-state index contributed by atoms with van der Waals surface area (Å²) >= 11 is 0. The third-order valence-corrected chi connectivity index (χ3v) is 20.3. The molecule has 4 aliphatic rings. The second-order valence-corrected chi connectivity index (χ2v) is 27.9. The summed E-state index contributed by atoms with van der Waals surface area (Å²) in [6.45, 7) is 21.9. The van der Waals surface area contributed by atoms with Gasteiger partial charge in [0.25, 0.3) is 6.71 Å². The van der Waals surface area contributed by atoms with Gasteiger partial charge in [-0.15, -0.1) is 0 Å². The van der Waals surface area contributed by atoms with Crippen LogP contribution in [0.1, 0.15) is 109 Å². The lowest BCUT2D eigenvalue weighted by Crippen LogP contribution is -2.62. The zero-order valence-electron chi connectivity index (χ0n) is 50.4. The van der Waals surface area contributed by atoms with Gasteiger partial charge in [0.1, 0.15) is 45.4 Å². The molecule has 0 bridgehead atoms. The number of rotatable bonds is 6. The van der Waals surface area contributed by atoms with E-state index in [4.69, 9.17) is 17.7 Å². The van der Waals surface area contributed by atoms with E-state index in [1.807, 2.05) is 24.3 Å². The Balaban J connectivity index is 0.987. The number of hydrogen-bond donors (Lipinski definition) is 0. The minimum absolute atomic E-state index is 0.0493. The van der Waals surface area contributed by atoms with Crippen molar-refractivity contribution in [3.8, 4) is 45.3 Å². The van der Waals surface area contributed by atoms with Crippen LogP contribution in [0.2, 0.25) is 0 Å². The molecule has 0 atom stereocenters. The summed E-state index contributed by atoms with van der Waals surface area (Å²) in [5.74, 6) is 3.22. The van der Waals surface area contributed by atoms with Crippen molar-refractivity contribution in [3.63, 3.8) is 0 Å². The number of para-hydroxylation sites is 4. The molecule has 0 N–H and O–H groups in total. The van der Waals surface area contributed by atoms with E-state index in [1.165, 1.54) is 50.0 Å². The van der Waals surface area contributed by atoms with Crippen LogP contribution in [0.5, 0.6) is 0 Å². The van der Waals surface area contributed by atoms with Gasteiger partial charge in [-0.25, -0.2) is 0 Å². The average Bonchev–Trinajstić information content (AvgIpc) is 0.878. The van der Waals surface area contributed by atoms with Gasteiger partial charge in [0, 0.05) is 77.9 Å². The van der Waals surface area contributed by atoms with E-state index in [9.17, 15) is 0 Å². The lowest BCUT2D eigenvalue weighted by atomic mass is 9.32. The average molecular weight is 1120 g/mol. The third kappa shape index (κ3) is 7.78. The van der Waals surface area contributed by atoms with Crippen molar-refractivity contribution in [3.05, 3.63) is 222 Å². The van der Waals surface area contributed by atoms with E-state index >= 15 is 0 Å². The Labute approximate surface area is 502 Å². The molecule has 6 nitrogen and oxygen atoms in total. The van der Waals surface area contributed by atoms with E-state index < -0.39 is 0 Å². The zero-order valence-corrected chi connectivity index (χ0v) is 50.4. The van der Waals surface area contributed by atoms with Crippen LogP contribution in [0, 0.1) is 6.92 Å². The number of anilines is 6. The minimum Gasteiger partial charge on any atom is -0.456 e. The monoisotopic (exact) mass is 1120 g/mol. The second kappa shape index (κ2) is 17.9. The highest BCUT2D eigenvalue weighted by Gasteiger charge is 2.49. The Hall–Kier alpha value is -9.20. The van der Waals surface area contributed by atoms with Crippen LogP contribution in [0.15, 0.2) is 212 Å². The molecule has 0 fully saturated rings. The summed E-state index contributed by atoms with van der Waals surface area (Å²) in [7, 11) is 0. The fourth-order valence-electron chi connectivity index (χ4n) is 15.4. The molecule has 0 spiro atoms. The molecule has 86 heavy (non-hydrogen) atoms. The summed E-state index contributed by atoms with van der Waals surface area (Å²) in [5, 5.41) is 4.26. The molecule has 0 unspecified atom stereocenters. The Kier molecular flexibility index (Phi) is 10.7. The van der Waals surface area contributed by atoms with Crippen molar-refractivity contribution in [1.29, 1.82) is 0 Å². The molecule has 9 aromatic carbocycles. The maximum atomic E-state index is 6.82. The molecule has 0 amide bonds. The van der Waals surface area contributed by atoms with E-state index in [0.717, 1.165) is 143 Å². The Morgan fingerprint density at radius 1 is 0.326 bits per heavy atom. The highest BCUT2D eigenvalue weighted by molar-refractivity contribution is 7.00. The molecular formula is C79H67BN2O4. The van der Waals surface area contributed by atoms with Crippen molar-refractivity contribution >= 4 is 101 Å². The Bertz CT molecular complexity index is 4390. The molecule has 2 aliphatic heterocycles. The Morgan fingerprint density at radius 3 is 0.919 bits per heavy atom. The van der Waals surface area contributed by atoms with Gasteiger partial charge in [-0.05, 0) is 208 Å². The van der Waals surface area contributed by atoms with E-state index in [2.05, 4.69) is 242 Å². The predicted molar refractivity (Wildman–Crippen MR) is 357 cm³/mol. The van der Waals surface area contributed by atoms with Crippen molar-refractivity contribution in [1.82, 2.24) is 0 Å². The number of nitrogens with zero attached hydrogens (tertiary/aromatic N) is 2. The number of aryl methyl sites for hydroxylation is 1. The molecule has 0 saturated carbocycles. The van der Waals surface area contributed by atoms with Crippen molar-refractivity contribution < 1.29 is 17.7 Å². The third-order valence-electron chi connectivity index (χ3n) is 20.3. The molecule has 6 heterocycles. The first-order valence-electron chi connectivity index (χ1n) is 30.8. The standard InChI is InChI=1S/C79H67BN2O4/c1-46-30-65-75-66(31-46)82(56-36-53(73-40-49-20-12-16-24-69(49)85-73)33-54(37-56)74-41-50-21-13-17-25-70(50)86-74)64-45-60-58(77(4,5)27-29-79(60,8)9)43-62(64)80(75)61-42-57-59(78(6,7)28-26-76(57,2)3)44-63(61)81(65)55-34-51(71-38-47-18-10-14-22-67(47)83-71)32-52(35-55)72-39-48-19-11-15-23-68(48)84-72/h10-25,30-45H,26-29H2,1-9H3. The van der Waals surface area contributed by atoms with E-state index in [-0.39, 0.29) is 28.4 Å². The van der Waals surface area contributed by atoms with Gasteiger partial charge >= 0.3 is 0 Å². The number of benzene rings is 9. The van der Waals surface area contributed by atoms with E-state index in [0.29, 0.717) is 0 Å². The minimum atomic E-state index is -0.114. The maximum Gasteiger partial charge on any atom is 0.252 e. The first-order valence-corrected chi connectivity index (χ1v) is 30.8. The SMILES string of the molecule is Cc1cc2c3c(c1)N(c1cc(-c4cc5ccccc5o4)cc(-c4cc5ccccc5o4)c1)c1cc4c(cc1B3c1cc3c(cc1N2c1cc(-c2cc5ccccc5o2)cc(-c2cc5ccccc5o2)c1)C(C)(C)CCC3(C)C)C(C)(C)CCC4(C)C. The van der Waals surface area contributed by atoms with Crippen molar-refractivity contribution in [2.24, 2.45) is 0 Å². The summed E-state index contributed by atoms with van der Waals surface area (Å²) in [4.78, 5) is 5.21. The van der Waals surface area contributed by atoms with Crippen LogP contribution in [0.3, 0.4) is 0 Å². The van der Waals surface area contributed by atoms with Gasteiger partial charge < -0.3 is 27.5 Å². The first-order chi connectivity index (χ1) is 41.4. The molecule has 0 radical (unpaired) electrons. The van der Waals surface area contributed by atoms with Crippen LogP contribution < -0.4 is 26.2 Å². The summed E-state index contributed by atoms with van der Waals surface area (Å²) in [5.41, 5.74) is 24.7. The fourth-order valence-corrected chi connectivity index (χ4v) is 15.4. The number of furan rings is 4. The molecular weight excluding hydrogens is 1050 g/mol. The lowest BCUT2D eigenvalue weighted by Gasteiger charge is -2.49. The zero-order chi connectivity index (χ0) is 58.3. The normalized spacial score (nSPS) is 16.8. The first kappa shape index (κ1) is 51.2. The summed E-state index contributed by atoms with van der Waals surface area (Å²) in [6.07, 6.45) is 4.42. The molecule has 7 heteroatoms. The molecule has 2 aliphatic carbocycles. The topological polar surface area (TPSA) is 59.0 Å². The number of fused-ring (bicyclic) bond motifs is 10. The van der Waals surface area contributed by atoms with Crippen LogP contribution >= 0.6 is 0 Å². The van der Waals surface area contributed by atoms with Gasteiger partial charge in [-0.3, -0.25) is 0 Å². The lowest BCUT2D eigenvalue weighted by molar-refractivity contribution is 0.332. The van der Waals surface area contributed by atoms with Crippen LogP contribution in [0.25, 0.3) is 89.2 Å². The summed E-state index contributed by atoms with van der Waals surface area (Å²) < 4.78 is 27.3. The fraction of sp³-hybridized carbons (Fsp3) is 0.215. The summed E-state index contributed by atoms with van der Waals surface area (Å²) in [6, 6.07) is 71.4. The molecule has 420 valence electrons. The van der Waals surface area contributed by atoms with Gasteiger partial charge in [0.2, 0.25) is 0 Å². The van der Waals surface area contributed by atoms with Crippen LogP contribution in [-0.4, -0.2) is 6.71 Å². The van der Waals surface area contributed by atoms with Crippen molar-refractivity contribution in [2.75, 3.05) is 9.80 Å². The molecule has 17 rings (SSSR count). The largest absolute Gasteiger partial charge is 0.456 e. The molecule has 4 aromatic heterocycles. The van der Waals surface area contributed by atoms with E-state index in [1.54, 1.807) is 0 Å². The molecule has 0 saturated heterocycles. The van der Waals surface area contributed by atoms with Crippen molar-refractivity contribution in [2.45, 2.75) is 110 Å². The van der Waals surface area contributed by atoms with Gasteiger partial charge in [-0.1, -0.05) is 140 Å². The predicted octanol–water partition coefficient (Wildman–Crippen LogP) is 20.4. The van der Waals surface area contributed by atoms with Crippen LogP contribution in [-0.2, 0) is 21.7 Å². The van der Waals surface area contributed by atoms with Gasteiger partial charge in [0.15, 0.2) is 0 Å². The second-order valence-electron chi connectivity index (χ2n) is 27.9.